The molecule has 1 aliphatic rings. The summed E-state index contributed by atoms with van der Waals surface area (Å²) in [6, 6.07) is 7.34. The average Bonchev–Trinajstić information content (AvgIpc) is 3.09. The first-order valence-corrected chi connectivity index (χ1v) is 6.49. The number of rotatable bonds is 3. The van der Waals surface area contributed by atoms with Gasteiger partial charge in [0.15, 0.2) is 5.82 Å². The molecule has 5 heteroatoms. The summed E-state index contributed by atoms with van der Waals surface area (Å²) in [6.07, 6.45) is 6.36. The lowest BCUT2D eigenvalue weighted by Gasteiger charge is -2.14. The minimum Gasteiger partial charge on any atom is -0.478 e. The van der Waals surface area contributed by atoms with Crippen LogP contribution in [0.1, 0.15) is 42.1 Å². The number of hydrogen-bond donors (Lipinski definition) is 1. The molecule has 0 radical (unpaired) electrons. The third kappa shape index (κ3) is 2.12. The summed E-state index contributed by atoms with van der Waals surface area (Å²) in [7, 11) is 0. The predicted molar refractivity (Wildman–Crippen MR) is 69.9 cm³/mol. The van der Waals surface area contributed by atoms with Crippen LogP contribution in [0.15, 0.2) is 30.6 Å². The van der Waals surface area contributed by atoms with Crippen molar-refractivity contribution in [3.05, 3.63) is 36.2 Å². The fourth-order valence-electron chi connectivity index (χ4n) is 2.75. The number of aromatic carboxylic acids is 1. The lowest BCUT2D eigenvalue weighted by atomic mass is 10.1. The Morgan fingerprint density at radius 2 is 2.00 bits per heavy atom. The van der Waals surface area contributed by atoms with Crippen molar-refractivity contribution < 1.29 is 9.90 Å². The molecular formula is C14H15N3O2. The number of carboxylic acids is 1. The first-order chi connectivity index (χ1) is 9.27. The average molecular weight is 257 g/mol. The van der Waals surface area contributed by atoms with Crippen LogP contribution in [-0.4, -0.2) is 25.8 Å². The molecule has 1 N–H and O–H groups in total. The van der Waals surface area contributed by atoms with E-state index in [0.29, 0.717) is 17.4 Å². The Bertz CT molecular complexity index is 600. The molecule has 0 unspecified atom stereocenters. The van der Waals surface area contributed by atoms with Gasteiger partial charge in [-0.2, -0.15) is 0 Å². The maximum atomic E-state index is 11.3. The van der Waals surface area contributed by atoms with Crippen molar-refractivity contribution in [1.29, 1.82) is 0 Å². The third-order valence-electron chi connectivity index (χ3n) is 3.69. The summed E-state index contributed by atoms with van der Waals surface area (Å²) in [4.78, 5) is 11.3. The van der Waals surface area contributed by atoms with Crippen LogP contribution in [-0.2, 0) is 0 Å². The Hall–Kier alpha value is -2.17. The Balaban J connectivity index is 2.08. The topological polar surface area (TPSA) is 68.0 Å². The van der Waals surface area contributed by atoms with Crippen LogP contribution in [0, 0.1) is 0 Å². The first-order valence-electron chi connectivity index (χ1n) is 6.49. The van der Waals surface area contributed by atoms with Gasteiger partial charge >= 0.3 is 5.97 Å². The van der Waals surface area contributed by atoms with E-state index in [1.807, 2.05) is 10.6 Å². The molecule has 1 aromatic heterocycles. The van der Waals surface area contributed by atoms with Crippen LogP contribution >= 0.6 is 0 Å². The predicted octanol–water partition coefficient (Wildman–Crippen LogP) is 2.76. The third-order valence-corrected chi connectivity index (χ3v) is 3.69. The standard InChI is InChI=1S/C14H15N3O2/c18-14(19)12-8-4-3-7-11(12)13-16-15-9-17(13)10-5-1-2-6-10/h3-4,7-10H,1-2,5-6H2,(H,18,19). The van der Waals surface area contributed by atoms with Crippen LogP contribution in [0.25, 0.3) is 11.4 Å². The molecule has 3 rings (SSSR count). The van der Waals surface area contributed by atoms with Gasteiger partial charge in [0.1, 0.15) is 6.33 Å². The highest BCUT2D eigenvalue weighted by Crippen LogP contribution is 2.33. The summed E-state index contributed by atoms with van der Waals surface area (Å²) in [5.74, 6) is -0.276. The Kier molecular flexibility index (Phi) is 3.03. The highest BCUT2D eigenvalue weighted by Gasteiger charge is 2.22. The Morgan fingerprint density at radius 1 is 1.26 bits per heavy atom. The van der Waals surface area contributed by atoms with Crippen LogP contribution in [0.4, 0.5) is 0 Å². The zero-order chi connectivity index (χ0) is 13.2. The van der Waals surface area contributed by atoms with E-state index in [0.717, 1.165) is 12.8 Å². The molecular weight excluding hydrogens is 242 g/mol. The number of carboxylic acid groups (broad SMARTS) is 1. The number of aromatic nitrogens is 3. The van der Waals surface area contributed by atoms with E-state index in [1.165, 1.54) is 12.8 Å². The van der Waals surface area contributed by atoms with Crippen LogP contribution < -0.4 is 0 Å². The Morgan fingerprint density at radius 3 is 2.74 bits per heavy atom. The highest BCUT2D eigenvalue weighted by atomic mass is 16.4. The van der Waals surface area contributed by atoms with E-state index in [1.54, 1.807) is 24.5 Å². The van der Waals surface area contributed by atoms with Crippen LogP contribution in [0.5, 0.6) is 0 Å². The minimum absolute atomic E-state index is 0.273. The number of benzene rings is 1. The van der Waals surface area contributed by atoms with Gasteiger partial charge < -0.3 is 9.67 Å². The van der Waals surface area contributed by atoms with Gasteiger partial charge in [-0.05, 0) is 18.9 Å². The molecule has 0 aliphatic heterocycles. The summed E-state index contributed by atoms with van der Waals surface area (Å²) in [5, 5.41) is 17.4. The van der Waals surface area contributed by atoms with Crippen LogP contribution in [0.2, 0.25) is 0 Å². The second-order valence-electron chi connectivity index (χ2n) is 4.85. The van der Waals surface area contributed by atoms with E-state index in [9.17, 15) is 9.90 Å². The molecule has 98 valence electrons. The minimum atomic E-state index is -0.934. The van der Waals surface area contributed by atoms with Gasteiger partial charge in [0, 0.05) is 11.6 Å². The van der Waals surface area contributed by atoms with Crippen molar-refractivity contribution in [3.63, 3.8) is 0 Å². The molecule has 1 heterocycles. The van der Waals surface area contributed by atoms with E-state index in [4.69, 9.17) is 0 Å². The second-order valence-corrected chi connectivity index (χ2v) is 4.85. The maximum absolute atomic E-state index is 11.3. The monoisotopic (exact) mass is 257 g/mol. The Labute approximate surface area is 110 Å². The van der Waals surface area contributed by atoms with Crippen molar-refractivity contribution >= 4 is 5.97 Å². The molecule has 1 aromatic carbocycles. The molecule has 0 bridgehead atoms. The lowest BCUT2D eigenvalue weighted by molar-refractivity contribution is 0.0697. The summed E-state index contributed by atoms with van der Waals surface area (Å²) in [6.45, 7) is 0. The van der Waals surface area contributed by atoms with Gasteiger partial charge in [0.2, 0.25) is 0 Å². The second kappa shape index (κ2) is 4.84. The zero-order valence-corrected chi connectivity index (χ0v) is 10.5. The lowest BCUT2D eigenvalue weighted by Crippen LogP contribution is -2.08. The summed E-state index contributed by atoms with van der Waals surface area (Å²) < 4.78 is 2.02. The molecule has 1 aliphatic carbocycles. The van der Waals surface area contributed by atoms with Gasteiger partial charge in [0.05, 0.1) is 5.56 Å². The molecule has 1 fully saturated rings. The normalized spacial score (nSPS) is 15.8. The molecule has 1 saturated carbocycles. The summed E-state index contributed by atoms with van der Waals surface area (Å²) in [5.41, 5.74) is 0.911. The first kappa shape index (κ1) is 11.9. The van der Waals surface area contributed by atoms with E-state index >= 15 is 0 Å². The molecule has 2 aromatic rings. The van der Waals surface area contributed by atoms with Crippen LogP contribution in [0.3, 0.4) is 0 Å². The SMILES string of the molecule is O=C(O)c1ccccc1-c1nncn1C1CCCC1. The number of carbonyl (C=O) groups is 1. The zero-order valence-electron chi connectivity index (χ0n) is 10.5. The molecule has 0 spiro atoms. The van der Waals surface area contributed by atoms with E-state index < -0.39 is 5.97 Å². The molecule has 19 heavy (non-hydrogen) atoms. The number of hydrogen-bond acceptors (Lipinski definition) is 3. The van der Waals surface area contributed by atoms with Gasteiger partial charge in [-0.1, -0.05) is 31.0 Å². The van der Waals surface area contributed by atoms with E-state index in [2.05, 4.69) is 10.2 Å². The summed E-state index contributed by atoms with van der Waals surface area (Å²) >= 11 is 0. The highest BCUT2D eigenvalue weighted by molar-refractivity contribution is 5.94. The fraction of sp³-hybridized carbons (Fsp3) is 0.357. The smallest absolute Gasteiger partial charge is 0.336 e. The quantitative estimate of drug-likeness (QED) is 0.918. The number of nitrogens with zero attached hydrogens (tertiary/aromatic N) is 3. The van der Waals surface area contributed by atoms with Crippen molar-refractivity contribution in [2.45, 2.75) is 31.7 Å². The van der Waals surface area contributed by atoms with Gasteiger partial charge in [-0.25, -0.2) is 4.79 Å². The fourth-order valence-corrected chi connectivity index (χ4v) is 2.75. The van der Waals surface area contributed by atoms with Gasteiger partial charge in [-0.3, -0.25) is 0 Å². The van der Waals surface area contributed by atoms with Crippen molar-refractivity contribution in [2.75, 3.05) is 0 Å². The molecule has 0 atom stereocenters. The van der Waals surface area contributed by atoms with Crippen molar-refractivity contribution in [3.8, 4) is 11.4 Å². The van der Waals surface area contributed by atoms with Crippen molar-refractivity contribution in [2.24, 2.45) is 0 Å². The molecule has 0 amide bonds. The molecule has 5 nitrogen and oxygen atoms in total. The van der Waals surface area contributed by atoms with Gasteiger partial charge in [-0.15, -0.1) is 10.2 Å². The molecule has 0 saturated heterocycles. The van der Waals surface area contributed by atoms with E-state index in [-0.39, 0.29) is 5.56 Å². The maximum Gasteiger partial charge on any atom is 0.336 e. The van der Waals surface area contributed by atoms with Gasteiger partial charge in [0.25, 0.3) is 0 Å². The largest absolute Gasteiger partial charge is 0.478 e. The van der Waals surface area contributed by atoms with Crippen molar-refractivity contribution in [1.82, 2.24) is 14.8 Å².